The lowest BCUT2D eigenvalue weighted by Gasteiger charge is -2.16. The number of benzene rings is 1. The predicted molar refractivity (Wildman–Crippen MR) is 60.0 cm³/mol. The van der Waals surface area contributed by atoms with Gasteiger partial charge in [-0.2, -0.15) is 0 Å². The smallest absolute Gasteiger partial charge is 0.304 e. The van der Waals surface area contributed by atoms with Crippen LogP contribution in [0.15, 0.2) is 18.2 Å². The summed E-state index contributed by atoms with van der Waals surface area (Å²) in [7, 11) is 0. The van der Waals surface area contributed by atoms with E-state index in [-0.39, 0.29) is 12.3 Å². The quantitative estimate of drug-likeness (QED) is 0.791. The highest BCUT2D eigenvalue weighted by molar-refractivity contribution is 5.68. The molecule has 1 rings (SSSR count). The van der Waals surface area contributed by atoms with Crippen LogP contribution in [0.25, 0.3) is 0 Å². The number of hydrogen-bond donors (Lipinski definition) is 2. The first-order valence-electron chi connectivity index (χ1n) is 5.03. The lowest BCUT2D eigenvalue weighted by Crippen LogP contribution is -2.17. The van der Waals surface area contributed by atoms with Crippen molar-refractivity contribution in [1.29, 1.82) is 0 Å². The molecule has 3 heteroatoms. The average molecular weight is 207 g/mol. The molecule has 0 heterocycles. The van der Waals surface area contributed by atoms with Crippen LogP contribution in [0.5, 0.6) is 0 Å². The molecule has 0 aliphatic carbocycles. The fraction of sp³-hybridized carbons (Fsp3) is 0.417. The molecule has 0 aliphatic rings. The molecule has 0 fully saturated rings. The summed E-state index contributed by atoms with van der Waals surface area (Å²) >= 11 is 0. The Morgan fingerprint density at radius 3 is 2.67 bits per heavy atom. The number of carboxylic acids is 1. The molecule has 0 amide bonds. The van der Waals surface area contributed by atoms with E-state index in [4.69, 9.17) is 10.8 Å². The number of aliphatic carboxylic acids is 1. The predicted octanol–water partition coefficient (Wildman–Crippen LogP) is 1.82. The van der Waals surface area contributed by atoms with Crippen molar-refractivity contribution in [3.63, 3.8) is 0 Å². The zero-order valence-corrected chi connectivity index (χ0v) is 9.16. The minimum atomic E-state index is -0.800. The Labute approximate surface area is 89.9 Å². The minimum absolute atomic E-state index is 0.0811. The molecule has 3 N–H and O–H groups in total. The third-order valence-electron chi connectivity index (χ3n) is 2.58. The fourth-order valence-corrected chi connectivity index (χ4v) is 1.73. The van der Waals surface area contributed by atoms with Crippen molar-refractivity contribution < 1.29 is 9.90 Å². The normalized spacial score (nSPS) is 12.5. The van der Waals surface area contributed by atoms with E-state index in [1.807, 2.05) is 32.0 Å². The highest BCUT2D eigenvalue weighted by atomic mass is 16.4. The summed E-state index contributed by atoms with van der Waals surface area (Å²) in [6.45, 7) is 4.35. The van der Waals surface area contributed by atoms with Crippen molar-refractivity contribution in [2.24, 2.45) is 5.73 Å². The zero-order valence-electron chi connectivity index (χ0n) is 9.16. The van der Waals surface area contributed by atoms with Gasteiger partial charge in [-0.3, -0.25) is 4.79 Å². The van der Waals surface area contributed by atoms with E-state index in [2.05, 4.69) is 0 Å². The topological polar surface area (TPSA) is 63.3 Å². The number of nitrogens with two attached hydrogens (primary N) is 1. The van der Waals surface area contributed by atoms with E-state index in [1.54, 1.807) is 0 Å². The summed E-state index contributed by atoms with van der Waals surface area (Å²) in [5.41, 5.74) is 8.91. The first-order chi connectivity index (χ1) is 7.04. The summed E-state index contributed by atoms with van der Waals surface area (Å²) in [5.74, 6) is -0.881. The Hall–Kier alpha value is -1.35. The summed E-state index contributed by atoms with van der Waals surface area (Å²) in [6, 6.07) is 6.05. The molecule has 1 aromatic rings. The maximum Gasteiger partial charge on any atom is 0.304 e. The molecule has 1 aromatic carbocycles. The summed E-state index contributed by atoms with van der Waals surface area (Å²) in [4.78, 5) is 10.7. The van der Waals surface area contributed by atoms with Crippen LogP contribution in [-0.4, -0.2) is 17.6 Å². The summed E-state index contributed by atoms with van der Waals surface area (Å²) in [6.07, 6.45) is 0.0980. The number of carbonyl (C=O) groups is 1. The van der Waals surface area contributed by atoms with Crippen LogP contribution in [0.4, 0.5) is 0 Å². The lowest BCUT2D eigenvalue weighted by atomic mass is 9.91. The Morgan fingerprint density at radius 1 is 1.47 bits per heavy atom. The highest BCUT2D eigenvalue weighted by Crippen LogP contribution is 2.23. The van der Waals surface area contributed by atoms with Crippen LogP contribution in [-0.2, 0) is 4.79 Å². The van der Waals surface area contributed by atoms with E-state index < -0.39 is 5.97 Å². The van der Waals surface area contributed by atoms with Gasteiger partial charge < -0.3 is 10.8 Å². The standard InChI is InChI=1S/C12H17NO2/c1-8-3-4-9(2)11(5-8)10(7-13)6-12(14)15/h3-5,10H,6-7,13H2,1-2H3,(H,14,15). The zero-order chi connectivity index (χ0) is 11.4. The molecule has 82 valence electrons. The first kappa shape index (κ1) is 11.7. The number of aryl methyl sites for hydroxylation is 2. The molecule has 1 unspecified atom stereocenters. The molecule has 3 nitrogen and oxygen atoms in total. The van der Waals surface area contributed by atoms with Crippen molar-refractivity contribution in [2.45, 2.75) is 26.2 Å². The third kappa shape index (κ3) is 3.06. The van der Waals surface area contributed by atoms with Crippen LogP contribution in [0.1, 0.15) is 29.0 Å². The number of hydrogen-bond acceptors (Lipinski definition) is 2. The molecular formula is C12H17NO2. The van der Waals surface area contributed by atoms with Gasteiger partial charge in [-0.05, 0) is 31.5 Å². The van der Waals surface area contributed by atoms with Gasteiger partial charge in [0.2, 0.25) is 0 Å². The van der Waals surface area contributed by atoms with Gasteiger partial charge in [0, 0.05) is 5.92 Å². The van der Waals surface area contributed by atoms with E-state index in [9.17, 15) is 4.79 Å². The molecule has 0 bridgehead atoms. The Morgan fingerprint density at radius 2 is 2.13 bits per heavy atom. The first-order valence-corrected chi connectivity index (χ1v) is 5.03. The van der Waals surface area contributed by atoms with Crippen LogP contribution < -0.4 is 5.73 Å². The highest BCUT2D eigenvalue weighted by Gasteiger charge is 2.15. The summed E-state index contributed by atoms with van der Waals surface area (Å²) in [5, 5.41) is 8.78. The van der Waals surface area contributed by atoms with Crippen LogP contribution in [0, 0.1) is 13.8 Å². The van der Waals surface area contributed by atoms with Gasteiger partial charge in [0.15, 0.2) is 0 Å². The van der Waals surface area contributed by atoms with E-state index >= 15 is 0 Å². The van der Waals surface area contributed by atoms with Crippen molar-refractivity contribution in [2.75, 3.05) is 6.54 Å². The Bertz CT molecular complexity index is 361. The second kappa shape index (κ2) is 4.94. The molecule has 15 heavy (non-hydrogen) atoms. The molecule has 0 radical (unpaired) electrons. The Kier molecular flexibility index (Phi) is 3.86. The van der Waals surface area contributed by atoms with Crippen molar-refractivity contribution in [3.05, 3.63) is 34.9 Å². The van der Waals surface area contributed by atoms with Gasteiger partial charge in [0.1, 0.15) is 0 Å². The molecule has 0 spiro atoms. The number of carboxylic acid groups (broad SMARTS) is 1. The third-order valence-corrected chi connectivity index (χ3v) is 2.58. The second-order valence-electron chi connectivity index (χ2n) is 3.89. The van der Waals surface area contributed by atoms with Gasteiger partial charge in [0.25, 0.3) is 0 Å². The monoisotopic (exact) mass is 207 g/mol. The van der Waals surface area contributed by atoms with Gasteiger partial charge in [0.05, 0.1) is 6.42 Å². The molecule has 0 aliphatic heterocycles. The van der Waals surface area contributed by atoms with E-state index in [0.29, 0.717) is 6.54 Å². The molecule has 0 aromatic heterocycles. The minimum Gasteiger partial charge on any atom is -0.481 e. The molecule has 1 atom stereocenters. The van der Waals surface area contributed by atoms with Crippen LogP contribution in [0.2, 0.25) is 0 Å². The van der Waals surface area contributed by atoms with Gasteiger partial charge in [-0.25, -0.2) is 0 Å². The lowest BCUT2D eigenvalue weighted by molar-refractivity contribution is -0.137. The maximum absolute atomic E-state index is 10.7. The largest absolute Gasteiger partial charge is 0.481 e. The maximum atomic E-state index is 10.7. The average Bonchev–Trinajstić information content (AvgIpc) is 2.18. The number of rotatable bonds is 4. The summed E-state index contributed by atoms with van der Waals surface area (Å²) < 4.78 is 0. The second-order valence-corrected chi connectivity index (χ2v) is 3.89. The molecule has 0 saturated carbocycles. The van der Waals surface area contributed by atoms with Gasteiger partial charge >= 0.3 is 5.97 Å². The van der Waals surface area contributed by atoms with E-state index in [0.717, 1.165) is 16.7 Å². The molecule has 0 saturated heterocycles. The molecular weight excluding hydrogens is 190 g/mol. The van der Waals surface area contributed by atoms with Crippen molar-refractivity contribution >= 4 is 5.97 Å². The van der Waals surface area contributed by atoms with Crippen molar-refractivity contribution in [3.8, 4) is 0 Å². The SMILES string of the molecule is Cc1ccc(C)c(C(CN)CC(=O)O)c1. The van der Waals surface area contributed by atoms with E-state index in [1.165, 1.54) is 0 Å². The van der Waals surface area contributed by atoms with Gasteiger partial charge in [-0.1, -0.05) is 23.8 Å². The van der Waals surface area contributed by atoms with Crippen LogP contribution >= 0.6 is 0 Å². The van der Waals surface area contributed by atoms with Gasteiger partial charge in [-0.15, -0.1) is 0 Å². The fourth-order valence-electron chi connectivity index (χ4n) is 1.73. The van der Waals surface area contributed by atoms with Crippen LogP contribution in [0.3, 0.4) is 0 Å². The van der Waals surface area contributed by atoms with Crippen molar-refractivity contribution in [1.82, 2.24) is 0 Å². The Balaban J connectivity index is 3.00.